The van der Waals surface area contributed by atoms with E-state index in [1.54, 1.807) is 11.8 Å². The standard InChI is InChI=1S/C16H22N4OS/c1-4-9-18-16(7-8-17)19-10-11-22-13-15-6-5-14(21-15)12-20(2)3/h1,5-6H,7,9-13H2,2-3H3,(H,18,19). The summed E-state index contributed by atoms with van der Waals surface area (Å²) in [6.07, 6.45) is 5.44. The number of rotatable bonds is 9. The van der Waals surface area contributed by atoms with Gasteiger partial charge >= 0.3 is 0 Å². The molecule has 1 aromatic rings. The lowest BCUT2D eigenvalue weighted by Crippen LogP contribution is -2.23. The third kappa shape index (κ3) is 7.78. The van der Waals surface area contributed by atoms with Crippen molar-refractivity contribution in [3.8, 4) is 18.4 Å². The van der Waals surface area contributed by atoms with E-state index in [9.17, 15) is 0 Å². The van der Waals surface area contributed by atoms with Crippen LogP contribution in [0.4, 0.5) is 0 Å². The van der Waals surface area contributed by atoms with Gasteiger partial charge in [0.25, 0.3) is 0 Å². The smallest absolute Gasteiger partial charge is 0.118 e. The molecule has 0 fully saturated rings. The molecule has 0 saturated heterocycles. The summed E-state index contributed by atoms with van der Waals surface area (Å²) in [5, 5.41) is 11.7. The molecule has 0 aromatic carbocycles. The topological polar surface area (TPSA) is 64.6 Å². The second kappa shape index (κ2) is 10.8. The Hall–Kier alpha value is -1.89. The van der Waals surface area contributed by atoms with Gasteiger partial charge < -0.3 is 14.6 Å². The number of terminal acetylenes is 1. The minimum Gasteiger partial charge on any atom is -0.464 e. The maximum absolute atomic E-state index is 8.71. The first-order chi connectivity index (χ1) is 10.7. The number of thioether (sulfide) groups is 1. The normalized spacial score (nSPS) is 11.2. The summed E-state index contributed by atoms with van der Waals surface area (Å²) < 4.78 is 5.74. The number of furan rings is 1. The van der Waals surface area contributed by atoms with Crippen LogP contribution in [-0.2, 0) is 12.3 Å². The van der Waals surface area contributed by atoms with Gasteiger partial charge in [-0.1, -0.05) is 5.92 Å². The van der Waals surface area contributed by atoms with Gasteiger partial charge in [0.05, 0.1) is 37.9 Å². The monoisotopic (exact) mass is 318 g/mol. The quantitative estimate of drug-likeness (QED) is 0.327. The second-order valence-corrected chi connectivity index (χ2v) is 5.98. The molecule has 0 unspecified atom stereocenters. The van der Waals surface area contributed by atoms with Crippen molar-refractivity contribution in [1.82, 2.24) is 10.2 Å². The molecule has 6 heteroatoms. The Morgan fingerprint density at radius 1 is 1.45 bits per heavy atom. The Bertz CT molecular complexity index is 551. The van der Waals surface area contributed by atoms with Crippen LogP contribution in [0.25, 0.3) is 0 Å². The number of hydrogen-bond donors (Lipinski definition) is 1. The molecule has 0 bridgehead atoms. The van der Waals surface area contributed by atoms with E-state index in [4.69, 9.17) is 16.1 Å². The Labute approximate surface area is 136 Å². The van der Waals surface area contributed by atoms with Crippen LogP contribution in [0, 0.1) is 23.7 Å². The van der Waals surface area contributed by atoms with Gasteiger partial charge in [0.2, 0.25) is 0 Å². The molecule has 1 aromatic heterocycles. The van der Waals surface area contributed by atoms with Crippen molar-refractivity contribution < 1.29 is 4.42 Å². The summed E-state index contributed by atoms with van der Waals surface area (Å²) in [5.74, 6) is 6.79. The Morgan fingerprint density at radius 2 is 2.23 bits per heavy atom. The second-order valence-electron chi connectivity index (χ2n) is 4.88. The summed E-state index contributed by atoms with van der Waals surface area (Å²) in [7, 11) is 4.03. The maximum Gasteiger partial charge on any atom is 0.118 e. The molecule has 1 rings (SSSR count). The maximum atomic E-state index is 8.71. The van der Waals surface area contributed by atoms with Crippen LogP contribution < -0.4 is 5.32 Å². The molecule has 0 saturated carbocycles. The summed E-state index contributed by atoms with van der Waals surface area (Å²) >= 11 is 1.76. The lowest BCUT2D eigenvalue weighted by Gasteiger charge is -2.05. The van der Waals surface area contributed by atoms with E-state index in [2.05, 4.69) is 27.2 Å². The predicted molar refractivity (Wildman–Crippen MR) is 91.6 cm³/mol. The molecule has 1 heterocycles. The first-order valence-corrected chi connectivity index (χ1v) is 8.19. The fourth-order valence-electron chi connectivity index (χ4n) is 1.72. The van der Waals surface area contributed by atoms with Gasteiger partial charge in [-0.3, -0.25) is 4.99 Å². The SMILES string of the molecule is C#CCNC(CC#N)=NCCSCc1ccc(CN(C)C)o1. The van der Waals surface area contributed by atoms with Crippen molar-refractivity contribution in [2.45, 2.75) is 18.7 Å². The summed E-state index contributed by atoms with van der Waals surface area (Å²) in [4.78, 5) is 6.43. The number of nitrogens with one attached hydrogen (secondary N) is 1. The van der Waals surface area contributed by atoms with Crippen molar-refractivity contribution in [1.29, 1.82) is 5.26 Å². The number of hydrogen-bond acceptors (Lipinski definition) is 5. The van der Waals surface area contributed by atoms with Crippen molar-refractivity contribution in [3.05, 3.63) is 23.7 Å². The summed E-state index contributed by atoms with van der Waals surface area (Å²) in [6, 6.07) is 6.11. The van der Waals surface area contributed by atoms with Gasteiger partial charge in [0.1, 0.15) is 17.4 Å². The lowest BCUT2D eigenvalue weighted by atomic mass is 10.4. The van der Waals surface area contributed by atoms with Crippen LogP contribution in [0.1, 0.15) is 17.9 Å². The Balaban J connectivity index is 2.27. The van der Waals surface area contributed by atoms with E-state index in [0.717, 1.165) is 29.6 Å². The first kappa shape index (κ1) is 18.2. The fraction of sp³-hybridized carbons (Fsp3) is 0.500. The molecular formula is C16H22N4OS. The molecule has 5 nitrogen and oxygen atoms in total. The average Bonchev–Trinajstić information content (AvgIpc) is 2.90. The van der Waals surface area contributed by atoms with Crippen LogP contribution in [0.5, 0.6) is 0 Å². The van der Waals surface area contributed by atoms with Gasteiger partial charge in [-0.05, 0) is 26.2 Å². The van der Waals surface area contributed by atoms with E-state index < -0.39 is 0 Å². The molecule has 0 spiro atoms. The van der Waals surface area contributed by atoms with Crippen molar-refractivity contribution in [2.24, 2.45) is 4.99 Å². The van der Waals surface area contributed by atoms with Gasteiger partial charge in [0.15, 0.2) is 0 Å². The zero-order valence-corrected chi connectivity index (χ0v) is 13.9. The number of nitriles is 1. The zero-order valence-electron chi connectivity index (χ0n) is 13.1. The molecule has 118 valence electrons. The third-order valence-corrected chi connectivity index (χ3v) is 3.57. The van der Waals surface area contributed by atoms with Gasteiger partial charge in [-0.15, -0.1) is 6.42 Å². The first-order valence-electron chi connectivity index (χ1n) is 7.03. The van der Waals surface area contributed by atoms with Crippen molar-refractivity contribution >= 4 is 17.6 Å². The highest BCUT2D eigenvalue weighted by molar-refractivity contribution is 7.98. The Kier molecular flexibility index (Phi) is 8.90. The van der Waals surface area contributed by atoms with E-state index in [1.165, 1.54) is 0 Å². The minimum atomic E-state index is 0.262. The van der Waals surface area contributed by atoms with Gasteiger partial charge in [-0.25, -0.2) is 0 Å². The van der Waals surface area contributed by atoms with Crippen LogP contribution in [-0.4, -0.2) is 43.7 Å². The predicted octanol–water partition coefficient (Wildman–Crippen LogP) is 2.11. The van der Waals surface area contributed by atoms with E-state index in [-0.39, 0.29) is 6.42 Å². The van der Waals surface area contributed by atoms with E-state index in [1.807, 2.05) is 26.2 Å². The van der Waals surface area contributed by atoms with E-state index >= 15 is 0 Å². The van der Waals surface area contributed by atoms with Crippen molar-refractivity contribution in [3.63, 3.8) is 0 Å². The molecule has 0 atom stereocenters. The molecule has 0 aliphatic rings. The lowest BCUT2D eigenvalue weighted by molar-refractivity contribution is 0.344. The largest absolute Gasteiger partial charge is 0.464 e. The third-order valence-electron chi connectivity index (χ3n) is 2.61. The van der Waals surface area contributed by atoms with Crippen LogP contribution in [0.2, 0.25) is 0 Å². The molecule has 22 heavy (non-hydrogen) atoms. The average molecular weight is 318 g/mol. The molecule has 1 N–H and O–H groups in total. The van der Waals surface area contributed by atoms with Crippen molar-refractivity contribution in [2.75, 3.05) is 32.9 Å². The highest BCUT2D eigenvalue weighted by Crippen LogP contribution is 2.16. The fourth-order valence-corrected chi connectivity index (χ4v) is 2.44. The minimum absolute atomic E-state index is 0.262. The summed E-state index contributed by atoms with van der Waals surface area (Å²) in [5.41, 5.74) is 0. The number of amidine groups is 1. The zero-order chi connectivity index (χ0) is 16.2. The molecular weight excluding hydrogens is 296 g/mol. The number of nitrogens with zero attached hydrogens (tertiary/aromatic N) is 3. The highest BCUT2D eigenvalue weighted by atomic mass is 32.2. The van der Waals surface area contributed by atoms with E-state index in [0.29, 0.717) is 18.9 Å². The van der Waals surface area contributed by atoms with Gasteiger partial charge in [0, 0.05) is 5.75 Å². The molecule has 0 radical (unpaired) electrons. The Morgan fingerprint density at radius 3 is 2.91 bits per heavy atom. The van der Waals surface area contributed by atoms with Crippen LogP contribution in [0.3, 0.4) is 0 Å². The summed E-state index contributed by atoms with van der Waals surface area (Å²) in [6.45, 7) is 1.87. The van der Waals surface area contributed by atoms with Crippen LogP contribution >= 0.6 is 11.8 Å². The highest BCUT2D eigenvalue weighted by Gasteiger charge is 2.03. The van der Waals surface area contributed by atoms with Gasteiger partial charge in [-0.2, -0.15) is 17.0 Å². The molecule has 0 aliphatic heterocycles. The number of aliphatic imine (C=N–C) groups is 1. The van der Waals surface area contributed by atoms with Crippen LogP contribution in [0.15, 0.2) is 21.5 Å². The molecule has 0 aliphatic carbocycles. The molecule has 0 amide bonds.